The van der Waals surface area contributed by atoms with Gasteiger partial charge in [0.1, 0.15) is 11.6 Å². The van der Waals surface area contributed by atoms with Crippen LogP contribution in [-0.4, -0.2) is 11.0 Å². The van der Waals surface area contributed by atoms with Crippen molar-refractivity contribution in [1.29, 1.82) is 0 Å². The van der Waals surface area contributed by atoms with Crippen molar-refractivity contribution in [3.8, 4) is 11.6 Å². The van der Waals surface area contributed by atoms with E-state index >= 15 is 0 Å². The standard InChI is InChI=1S/C18H16FN3O2S/c1-12-2-8-16(25-12)11-21-18(23)22-14-5-9-17(20-10-14)24-15-6-3-13(19)4-7-15/h2-10H,11H2,1H3,(H2,21,22,23). The molecule has 2 N–H and O–H groups in total. The fourth-order valence-electron chi connectivity index (χ4n) is 2.06. The molecule has 0 bridgehead atoms. The van der Waals surface area contributed by atoms with Gasteiger partial charge in [-0.05, 0) is 49.4 Å². The number of amides is 2. The second kappa shape index (κ2) is 7.76. The van der Waals surface area contributed by atoms with Crippen molar-refractivity contribution in [2.24, 2.45) is 0 Å². The van der Waals surface area contributed by atoms with Crippen LogP contribution in [0.4, 0.5) is 14.9 Å². The number of carbonyl (C=O) groups excluding carboxylic acids is 1. The maximum Gasteiger partial charge on any atom is 0.319 e. The highest BCUT2D eigenvalue weighted by Gasteiger charge is 2.05. The lowest BCUT2D eigenvalue weighted by molar-refractivity contribution is 0.252. The number of ether oxygens (including phenoxy) is 1. The van der Waals surface area contributed by atoms with Gasteiger partial charge in [0.05, 0.1) is 18.4 Å². The third-order valence-electron chi connectivity index (χ3n) is 3.25. The molecule has 2 amide bonds. The Morgan fingerprint density at radius 3 is 2.60 bits per heavy atom. The highest BCUT2D eigenvalue weighted by atomic mass is 32.1. The van der Waals surface area contributed by atoms with Crippen LogP contribution < -0.4 is 15.4 Å². The molecule has 5 nitrogen and oxygen atoms in total. The normalized spacial score (nSPS) is 10.3. The third kappa shape index (κ3) is 5.02. The van der Waals surface area contributed by atoms with Crippen molar-refractivity contribution in [3.05, 3.63) is 70.3 Å². The van der Waals surface area contributed by atoms with E-state index in [-0.39, 0.29) is 11.8 Å². The molecule has 128 valence electrons. The summed E-state index contributed by atoms with van der Waals surface area (Å²) in [5, 5.41) is 5.49. The highest BCUT2D eigenvalue weighted by Crippen LogP contribution is 2.20. The maximum absolute atomic E-state index is 12.9. The average molecular weight is 357 g/mol. The number of rotatable bonds is 5. The minimum atomic E-state index is -0.330. The monoisotopic (exact) mass is 357 g/mol. The van der Waals surface area contributed by atoms with Crippen LogP contribution in [0.5, 0.6) is 11.6 Å². The van der Waals surface area contributed by atoms with Gasteiger partial charge in [-0.2, -0.15) is 0 Å². The first-order valence-corrected chi connectivity index (χ1v) is 8.40. The fraction of sp³-hybridized carbons (Fsp3) is 0.111. The van der Waals surface area contributed by atoms with E-state index in [1.54, 1.807) is 23.5 Å². The van der Waals surface area contributed by atoms with E-state index in [9.17, 15) is 9.18 Å². The molecule has 0 aliphatic carbocycles. The summed E-state index contributed by atoms with van der Waals surface area (Å²) < 4.78 is 18.4. The van der Waals surface area contributed by atoms with E-state index in [4.69, 9.17) is 4.74 Å². The van der Waals surface area contributed by atoms with Gasteiger partial charge in [-0.1, -0.05) is 0 Å². The lowest BCUT2D eigenvalue weighted by Gasteiger charge is -2.08. The summed E-state index contributed by atoms with van der Waals surface area (Å²) in [6, 6.07) is 12.7. The summed E-state index contributed by atoms with van der Waals surface area (Å²) in [6.07, 6.45) is 1.49. The first-order chi connectivity index (χ1) is 12.1. The first kappa shape index (κ1) is 16.9. The predicted molar refractivity (Wildman–Crippen MR) is 95.6 cm³/mol. The molecule has 0 radical (unpaired) electrons. The molecule has 3 aromatic rings. The quantitative estimate of drug-likeness (QED) is 0.695. The fourth-order valence-corrected chi connectivity index (χ4v) is 2.89. The second-order valence-corrected chi connectivity index (χ2v) is 6.63. The topological polar surface area (TPSA) is 63.2 Å². The predicted octanol–water partition coefficient (Wildman–Crippen LogP) is 4.70. The van der Waals surface area contributed by atoms with Crippen molar-refractivity contribution in [1.82, 2.24) is 10.3 Å². The maximum atomic E-state index is 12.9. The zero-order chi connectivity index (χ0) is 17.6. The number of benzene rings is 1. The summed E-state index contributed by atoms with van der Waals surface area (Å²) in [7, 11) is 0. The van der Waals surface area contributed by atoms with Crippen LogP contribution in [0.3, 0.4) is 0 Å². The van der Waals surface area contributed by atoms with Crippen molar-refractivity contribution in [2.45, 2.75) is 13.5 Å². The molecule has 0 fully saturated rings. The largest absolute Gasteiger partial charge is 0.439 e. The van der Waals surface area contributed by atoms with Gasteiger partial charge >= 0.3 is 6.03 Å². The minimum absolute atomic E-state index is 0.306. The Bertz CT molecular complexity index is 848. The SMILES string of the molecule is Cc1ccc(CNC(=O)Nc2ccc(Oc3ccc(F)cc3)nc2)s1. The summed E-state index contributed by atoms with van der Waals surface area (Å²) in [5.74, 6) is 0.508. The molecule has 0 spiro atoms. The second-order valence-electron chi connectivity index (χ2n) is 5.26. The Morgan fingerprint density at radius 1 is 1.16 bits per heavy atom. The van der Waals surface area contributed by atoms with Gasteiger partial charge in [0, 0.05) is 15.8 Å². The Hall–Kier alpha value is -2.93. The van der Waals surface area contributed by atoms with Gasteiger partial charge in [0.2, 0.25) is 5.88 Å². The summed E-state index contributed by atoms with van der Waals surface area (Å²) >= 11 is 1.64. The van der Waals surface area contributed by atoms with E-state index in [0.717, 1.165) is 4.88 Å². The number of aromatic nitrogens is 1. The van der Waals surface area contributed by atoms with E-state index in [2.05, 4.69) is 15.6 Å². The van der Waals surface area contributed by atoms with Crippen LogP contribution in [0.2, 0.25) is 0 Å². The number of pyridine rings is 1. The van der Waals surface area contributed by atoms with E-state index < -0.39 is 0 Å². The molecule has 0 aliphatic heterocycles. The Labute approximate surface area is 148 Å². The first-order valence-electron chi connectivity index (χ1n) is 7.58. The van der Waals surface area contributed by atoms with Crippen LogP contribution >= 0.6 is 11.3 Å². The molecule has 0 atom stereocenters. The molecule has 0 saturated carbocycles. The molecular formula is C18H16FN3O2S. The van der Waals surface area contributed by atoms with E-state index in [0.29, 0.717) is 23.9 Å². The number of thiophene rings is 1. The number of nitrogens with one attached hydrogen (secondary N) is 2. The molecule has 2 aromatic heterocycles. The van der Waals surface area contributed by atoms with E-state index in [1.807, 2.05) is 19.1 Å². The van der Waals surface area contributed by atoms with Crippen molar-refractivity contribution >= 4 is 23.1 Å². The van der Waals surface area contributed by atoms with Gasteiger partial charge in [-0.15, -0.1) is 11.3 Å². The van der Waals surface area contributed by atoms with Gasteiger partial charge < -0.3 is 15.4 Å². The Morgan fingerprint density at radius 2 is 1.96 bits per heavy atom. The number of hydrogen-bond acceptors (Lipinski definition) is 4. The van der Waals surface area contributed by atoms with E-state index in [1.165, 1.54) is 35.3 Å². The van der Waals surface area contributed by atoms with Crippen LogP contribution in [0, 0.1) is 12.7 Å². The molecule has 0 unspecified atom stereocenters. The van der Waals surface area contributed by atoms with Gasteiger partial charge in [-0.3, -0.25) is 0 Å². The van der Waals surface area contributed by atoms with Crippen molar-refractivity contribution < 1.29 is 13.9 Å². The highest BCUT2D eigenvalue weighted by molar-refractivity contribution is 7.11. The van der Waals surface area contributed by atoms with Crippen LogP contribution in [0.15, 0.2) is 54.7 Å². The average Bonchev–Trinajstić information content (AvgIpc) is 3.02. The van der Waals surface area contributed by atoms with Gasteiger partial charge in [-0.25, -0.2) is 14.2 Å². The van der Waals surface area contributed by atoms with Crippen LogP contribution in [0.25, 0.3) is 0 Å². The Balaban J connectivity index is 1.51. The molecular weight excluding hydrogens is 341 g/mol. The molecule has 0 saturated heterocycles. The zero-order valence-electron chi connectivity index (χ0n) is 13.5. The number of carbonyl (C=O) groups is 1. The van der Waals surface area contributed by atoms with Crippen molar-refractivity contribution in [2.75, 3.05) is 5.32 Å². The molecule has 1 aromatic carbocycles. The lowest BCUT2D eigenvalue weighted by Crippen LogP contribution is -2.27. The molecule has 7 heteroatoms. The summed E-state index contributed by atoms with van der Waals surface area (Å²) in [5.41, 5.74) is 0.548. The van der Waals surface area contributed by atoms with Gasteiger partial charge in [0.25, 0.3) is 0 Å². The number of anilines is 1. The lowest BCUT2D eigenvalue weighted by atomic mass is 10.3. The molecule has 0 aliphatic rings. The number of nitrogens with zero attached hydrogens (tertiary/aromatic N) is 1. The number of urea groups is 1. The molecule has 3 rings (SSSR count). The van der Waals surface area contributed by atoms with Crippen LogP contribution in [0.1, 0.15) is 9.75 Å². The summed E-state index contributed by atoms with van der Waals surface area (Å²) in [4.78, 5) is 18.3. The van der Waals surface area contributed by atoms with Gasteiger partial charge in [0.15, 0.2) is 0 Å². The number of halogens is 1. The zero-order valence-corrected chi connectivity index (χ0v) is 14.3. The van der Waals surface area contributed by atoms with Crippen molar-refractivity contribution in [3.63, 3.8) is 0 Å². The summed E-state index contributed by atoms with van der Waals surface area (Å²) in [6.45, 7) is 2.50. The third-order valence-corrected chi connectivity index (χ3v) is 4.25. The number of hydrogen-bond donors (Lipinski definition) is 2. The molecule has 25 heavy (non-hydrogen) atoms. The number of aryl methyl sites for hydroxylation is 1. The molecule has 2 heterocycles. The Kier molecular flexibility index (Phi) is 5.25. The minimum Gasteiger partial charge on any atom is -0.439 e. The van der Waals surface area contributed by atoms with Crippen LogP contribution in [-0.2, 0) is 6.54 Å². The smallest absolute Gasteiger partial charge is 0.319 e.